The number of aromatic nitrogens is 2. The lowest BCUT2D eigenvalue weighted by molar-refractivity contribution is -0.134. The second-order valence-corrected chi connectivity index (χ2v) is 9.24. The first-order valence-corrected chi connectivity index (χ1v) is 11.8. The maximum absolute atomic E-state index is 13.7. The summed E-state index contributed by atoms with van der Waals surface area (Å²) < 4.78 is 11.6. The molecule has 1 aromatic carbocycles. The van der Waals surface area contributed by atoms with Gasteiger partial charge < -0.3 is 19.7 Å². The lowest BCUT2D eigenvalue weighted by Crippen LogP contribution is -2.64. The fourth-order valence-corrected chi connectivity index (χ4v) is 4.81. The van der Waals surface area contributed by atoms with Crippen LogP contribution in [-0.2, 0) is 22.6 Å². The molecule has 2 amide bonds. The quantitative estimate of drug-likeness (QED) is 0.517. The van der Waals surface area contributed by atoms with E-state index in [-0.39, 0.29) is 42.3 Å². The normalized spacial score (nSPS) is 20.9. The Balaban J connectivity index is 1.69. The van der Waals surface area contributed by atoms with E-state index >= 15 is 0 Å². The summed E-state index contributed by atoms with van der Waals surface area (Å²) in [5.41, 5.74) is -0.0650. The summed E-state index contributed by atoms with van der Waals surface area (Å²) in [6.07, 6.45) is 6.39. The van der Waals surface area contributed by atoms with Crippen LogP contribution >= 0.6 is 0 Å². The number of nitrogens with one attached hydrogen (secondary N) is 1. The van der Waals surface area contributed by atoms with Crippen LogP contribution in [0.4, 0.5) is 0 Å². The molecule has 0 bridgehead atoms. The first-order chi connectivity index (χ1) is 16.4. The molecule has 4 rings (SSSR count). The minimum atomic E-state index is -1.20. The van der Waals surface area contributed by atoms with Gasteiger partial charge in [0, 0.05) is 18.7 Å². The van der Waals surface area contributed by atoms with Gasteiger partial charge in [-0.3, -0.25) is 14.3 Å². The van der Waals surface area contributed by atoms with E-state index < -0.39 is 11.5 Å². The van der Waals surface area contributed by atoms with Crippen LogP contribution < -0.4 is 10.1 Å². The predicted octanol–water partition coefficient (Wildman–Crippen LogP) is 2.93. The molecule has 9 nitrogen and oxygen atoms in total. The number of ether oxygens (including phenoxy) is 2. The summed E-state index contributed by atoms with van der Waals surface area (Å²) in [5.74, 6) is -0.533. The Morgan fingerprint density at radius 1 is 1.15 bits per heavy atom. The Morgan fingerprint density at radius 2 is 1.88 bits per heavy atom. The van der Waals surface area contributed by atoms with Crippen molar-refractivity contribution < 1.29 is 23.9 Å². The highest BCUT2D eigenvalue weighted by Gasteiger charge is 2.48. The fraction of sp³-hybridized carbons (Fsp3) is 0.520. The van der Waals surface area contributed by atoms with Crippen molar-refractivity contribution in [3.05, 3.63) is 47.3 Å². The van der Waals surface area contributed by atoms with Gasteiger partial charge in [-0.15, -0.1) is 0 Å². The molecule has 34 heavy (non-hydrogen) atoms. The minimum absolute atomic E-state index is 0.0422. The molecule has 1 atom stereocenters. The van der Waals surface area contributed by atoms with Gasteiger partial charge in [0.25, 0.3) is 5.91 Å². The third-order valence-corrected chi connectivity index (χ3v) is 6.85. The number of carbonyl (C=O) groups excluding carboxylic acids is 3. The molecule has 2 aliphatic rings. The van der Waals surface area contributed by atoms with Gasteiger partial charge in [-0.2, -0.15) is 5.10 Å². The summed E-state index contributed by atoms with van der Waals surface area (Å²) in [7, 11) is 2.85. The summed E-state index contributed by atoms with van der Waals surface area (Å²) in [6, 6.07) is 8.94. The first kappa shape index (κ1) is 23.8. The van der Waals surface area contributed by atoms with Crippen LogP contribution in [-0.4, -0.2) is 58.3 Å². The highest BCUT2D eigenvalue weighted by atomic mass is 16.5. The van der Waals surface area contributed by atoms with Crippen molar-refractivity contribution in [3.63, 3.8) is 0 Å². The van der Waals surface area contributed by atoms with Crippen LogP contribution in [0.5, 0.6) is 5.75 Å². The van der Waals surface area contributed by atoms with Gasteiger partial charge in [-0.1, -0.05) is 37.8 Å². The van der Waals surface area contributed by atoms with Gasteiger partial charge in [0.05, 0.1) is 20.8 Å². The van der Waals surface area contributed by atoms with E-state index in [9.17, 15) is 14.4 Å². The summed E-state index contributed by atoms with van der Waals surface area (Å²) >= 11 is 0. The molecule has 0 spiro atoms. The standard InChI is InChI=1S/C25H32N4O5/c1-25(24(32)26-18-10-6-4-5-7-11-18)16-29-21(14-20(27-29)23(31)34-3)22(30)28(25)15-17-9-8-12-19(13-17)33-2/h8-9,12-14,18H,4-7,10-11,15-16H2,1-3H3,(H,26,32). The molecule has 0 radical (unpaired) electrons. The minimum Gasteiger partial charge on any atom is -0.497 e. The summed E-state index contributed by atoms with van der Waals surface area (Å²) in [4.78, 5) is 41.0. The van der Waals surface area contributed by atoms with Gasteiger partial charge >= 0.3 is 5.97 Å². The number of benzene rings is 1. The van der Waals surface area contributed by atoms with Crippen molar-refractivity contribution in [2.45, 2.75) is 70.1 Å². The lowest BCUT2D eigenvalue weighted by atomic mass is 9.93. The van der Waals surface area contributed by atoms with Crippen LogP contribution in [0.2, 0.25) is 0 Å². The van der Waals surface area contributed by atoms with Gasteiger partial charge in [-0.25, -0.2) is 4.79 Å². The topological polar surface area (TPSA) is 103 Å². The molecule has 2 heterocycles. The number of hydrogen-bond donors (Lipinski definition) is 1. The highest BCUT2D eigenvalue weighted by molar-refractivity contribution is 6.01. The molecule has 1 unspecified atom stereocenters. The maximum Gasteiger partial charge on any atom is 0.358 e. The van der Waals surface area contributed by atoms with Gasteiger partial charge in [0.15, 0.2) is 5.69 Å². The Morgan fingerprint density at radius 3 is 2.56 bits per heavy atom. The number of amides is 2. The van der Waals surface area contributed by atoms with E-state index in [0.717, 1.165) is 31.2 Å². The van der Waals surface area contributed by atoms with Crippen molar-refractivity contribution in [2.75, 3.05) is 14.2 Å². The van der Waals surface area contributed by atoms with Crippen molar-refractivity contribution in [1.82, 2.24) is 20.0 Å². The third-order valence-electron chi connectivity index (χ3n) is 6.85. The predicted molar refractivity (Wildman–Crippen MR) is 124 cm³/mol. The van der Waals surface area contributed by atoms with Gasteiger partial charge in [-0.05, 0) is 37.5 Å². The van der Waals surface area contributed by atoms with Crippen molar-refractivity contribution in [2.24, 2.45) is 0 Å². The monoisotopic (exact) mass is 468 g/mol. The summed E-state index contributed by atoms with van der Waals surface area (Å²) in [6.45, 7) is 2.11. The molecule has 9 heteroatoms. The molecule has 2 aromatic rings. The number of nitrogens with zero attached hydrogens (tertiary/aromatic N) is 3. The van der Waals surface area contributed by atoms with E-state index in [2.05, 4.69) is 10.4 Å². The molecule has 182 valence electrons. The van der Waals surface area contributed by atoms with Crippen molar-refractivity contribution >= 4 is 17.8 Å². The third kappa shape index (κ3) is 4.64. The Kier molecular flexibility index (Phi) is 6.90. The molecule has 1 aliphatic heterocycles. The second kappa shape index (κ2) is 9.87. The van der Waals surface area contributed by atoms with E-state index in [4.69, 9.17) is 9.47 Å². The van der Waals surface area contributed by atoms with Crippen LogP contribution in [0.25, 0.3) is 0 Å². The Labute approximate surface area is 199 Å². The fourth-order valence-electron chi connectivity index (χ4n) is 4.81. The average molecular weight is 469 g/mol. The maximum atomic E-state index is 13.7. The zero-order valence-electron chi connectivity index (χ0n) is 20.0. The first-order valence-electron chi connectivity index (χ1n) is 11.8. The molecule has 1 fully saturated rings. The van der Waals surface area contributed by atoms with Crippen LogP contribution in [0.1, 0.15) is 72.0 Å². The zero-order valence-corrected chi connectivity index (χ0v) is 20.0. The van der Waals surface area contributed by atoms with Crippen molar-refractivity contribution in [3.8, 4) is 5.75 Å². The van der Waals surface area contributed by atoms with Gasteiger partial charge in [0.2, 0.25) is 5.91 Å². The molecule has 1 aliphatic carbocycles. The second-order valence-electron chi connectivity index (χ2n) is 9.24. The Bertz CT molecular complexity index is 1070. The number of methoxy groups -OCH3 is 2. The molecular weight excluding hydrogens is 436 g/mol. The number of carbonyl (C=O) groups is 3. The van der Waals surface area contributed by atoms with Crippen molar-refractivity contribution in [1.29, 1.82) is 0 Å². The molecule has 1 aromatic heterocycles. The van der Waals surface area contributed by atoms with Gasteiger partial charge in [0.1, 0.15) is 17.0 Å². The number of esters is 1. The van der Waals surface area contributed by atoms with Crippen LogP contribution in [0.15, 0.2) is 30.3 Å². The molecule has 1 saturated carbocycles. The van der Waals surface area contributed by atoms with E-state index in [1.165, 1.54) is 30.7 Å². The SMILES string of the molecule is COC(=O)c1cc2n(n1)CC(C)(C(=O)NC1CCCCCC1)N(Cc1cccc(OC)c1)C2=O. The largest absolute Gasteiger partial charge is 0.497 e. The number of hydrogen-bond acceptors (Lipinski definition) is 6. The zero-order chi connectivity index (χ0) is 24.3. The van der Waals surface area contributed by atoms with Crippen LogP contribution in [0, 0.1) is 0 Å². The lowest BCUT2D eigenvalue weighted by Gasteiger charge is -2.44. The highest BCUT2D eigenvalue weighted by Crippen LogP contribution is 2.31. The smallest absolute Gasteiger partial charge is 0.358 e. The van der Waals surface area contributed by atoms with E-state index in [0.29, 0.717) is 5.75 Å². The van der Waals surface area contributed by atoms with Crippen LogP contribution in [0.3, 0.4) is 0 Å². The molecular formula is C25H32N4O5. The van der Waals surface area contributed by atoms with E-state index in [1.807, 2.05) is 24.3 Å². The summed E-state index contributed by atoms with van der Waals surface area (Å²) in [5, 5.41) is 7.48. The number of rotatable bonds is 6. The molecule has 1 N–H and O–H groups in total. The Hall–Kier alpha value is -3.36. The average Bonchev–Trinajstić information content (AvgIpc) is 3.09. The number of fused-ring (bicyclic) bond motifs is 1. The van der Waals surface area contributed by atoms with E-state index in [1.54, 1.807) is 18.9 Å². The molecule has 0 saturated heterocycles.